The van der Waals surface area contributed by atoms with E-state index in [9.17, 15) is 9.50 Å². The first kappa shape index (κ1) is 18.1. The number of hydrogen-bond acceptors (Lipinski definition) is 6. The Morgan fingerprint density at radius 1 is 0.812 bits per heavy atom. The molecule has 1 aromatic carbocycles. The van der Waals surface area contributed by atoms with Crippen LogP contribution in [0, 0.1) is 5.82 Å². The van der Waals surface area contributed by atoms with Crippen molar-refractivity contribution in [1.29, 1.82) is 0 Å². The molecule has 0 fully saturated rings. The Labute approximate surface area is 179 Å². The van der Waals surface area contributed by atoms with E-state index < -0.39 is 5.82 Å². The van der Waals surface area contributed by atoms with Crippen molar-refractivity contribution in [2.24, 2.45) is 0 Å². The van der Waals surface area contributed by atoms with Crippen LogP contribution in [0.1, 0.15) is 0 Å². The van der Waals surface area contributed by atoms with Gasteiger partial charge in [-0.25, -0.2) is 14.4 Å². The number of rotatable bonds is 3. The van der Waals surface area contributed by atoms with Crippen molar-refractivity contribution >= 4 is 21.8 Å². The van der Waals surface area contributed by atoms with Gasteiger partial charge < -0.3 is 10.1 Å². The van der Waals surface area contributed by atoms with Crippen molar-refractivity contribution in [3.8, 4) is 39.7 Å². The first-order chi connectivity index (χ1) is 15.7. The number of phenols is 1. The normalized spacial score (nSPS) is 11.4. The van der Waals surface area contributed by atoms with Crippen molar-refractivity contribution in [3.05, 3.63) is 73.3 Å². The fourth-order valence-electron chi connectivity index (χ4n) is 3.83. The van der Waals surface area contributed by atoms with E-state index in [-0.39, 0.29) is 5.75 Å². The molecule has 5 heterocycles. The summed E-state index contributed by atoms with van der Waals surface area (Å²) in [6.07, 6.45) is 8.24. The molecule has 0 saturated carbocycles. The van der Waals surface area contributed by atoms with Gasteiger partial charge in [-0.15, -0.1) is 0 Å². The molecule has 0 spiro atoms. The van der Waals surface area contributed by atoms with Gasteiger partial charge in [0.05, 0.1) is 28.8 Å². The highest BCUT2D eigenvalue weighted by Gasteiger charge is 2.16. The molecule has 0 atom stereocenters. The van der Waals surface area contributed by atoms with Crippen LogP contribution in [0.3, 0.4) is 0 Å². The van der Waals surface area contributed by atoms with E-state index >= 15 is 0 Å². The Morgan fingerprint density at radius 2 is 1.66 bits per heavy atom. The molecule has 6 rings (SSSR count). The number of aromatic nitrogens is 7. The molecule has 6 aromatic rings. The lowest BCUT2D eigenvalue weighted by Gasteiger charge is -2.03. The number of nitrogens with zero attached hydrogens (tertiary/aromatic N) is 5. The first-order valence-corrected chi connectivity index (χ1v) is 9.73. The zero-order valence-electron chi connectivity index (χ0n) is 16.4. The SMILES string of the molecule is Oc1cc(F)cc(-c2nccc3[nH]c(-c4n[nH]c5cnc(-c6cncnc6)cc45)cc23)c1. The van der Waals surface area contributed by atoms with Gasteiger partial charge in [0.1, 0.15) is 23.6 Å². The van der Waals surface area contributed by atoms with E-state index in [1.807, 2.05) is 18.2 Å². The van der Waals surface area contributed by atoms with E-state index in [4.69, 9.17) is 0 Å². The molecule has 0 aliphatic heterocycles. The molecule has 0 unspecified atom stereocenters. The molecule has 0 radical (unpaired) electrons. The molecule has 0 amide bonds. The standard InChI is InChI=1S/C23H14FN7O/c24-14-3-12(4-15(32)5-14)22-16-7-20(29-18(16)1-2-27-22)23-17-6-19(13-8-25-11-26-9-13)28-10-21(17)30-31-23/h1-11,29,32H,(H,30,31). The number of phenolic OH excluding ortho intramolecular Hbond substituents is 1. The molecular formula is C23H14FN7O. The summed E-state index contributed by atoms with van der Waals surface area (Å²) < 4.78 is 13.9. The smallest absolute Gasteiger partial charge is 0.127 e. The van der Waals surface area contributed by atoms with Gasteiger partial charge in [0.15, 0.2) is 0 Å². The molecule has 154 valence electrons. The maximum atomic E-state index is 13.9. The van der Waals surface area contributed by atoms with Gasteiger partial charge >= 0.3 is 0 Å². The predicted molar refractivity (Wildman–Crippen MR) is 117 cm³/mol. The number of aromatic hydroxyl groups is 1. The number of benzene rings is 1. The number of H-pyrrole nitrogens is 2. The largest absolute Gasteiger partial charge is 0.508 e. The molecule has 5 aromatic heterocycles. The highest BCUT2D eigenvalue weighted by Crippen LogP contribution is 2.34. The fourth-order valence-corrected chi connectivity index (χ4v) is 3.83. The summed E-state index contributed by atoms with van der Waals surface area (Å²) in [5, 5.41) is 19.0. The molecule has 0 bridgehead atoms. The topological polar surface area (TPSA) is 116 Å². The van der Waals surface area contributed by atoms with Gasteiger partial charge in [0.25, 0.3) is 0 Å². The van der Waals surface area contributed by atoms with Crippen LogP contribution in [0.5, 0.6) is 5.75 Å². The Kier molecular flexibility index (Phi) is 3.94. The van der Waals surface area contributed by atoms with Crippen molar-refractivity contribution in [2.75, 3.05) is 0 Å². The molecule has 3 N–H and O–H groups in total. The summed E-state index contributed by atoms with van der Waals surface area (Å²) in [4.78, 5) is 20.4. The highest BCUT2D eigenvalue weighted by atomic mass is 19.1. The summed E-state index contributed by atoms with van der Waals surface area (Å²) in [6, 6.07) is 9.58. The summed E-state index contributed by atoms with van der Waals surface area (Å²) >= 11 is 0. The monoisotopic (exact) mass is 423 g/mol. The number of fused-ring (bicyclic) bond motifs is 2. The zero-order valence-corrected chi connectivity index (χ0v) is 16.4. The van der Waals surface area contributed by atoms with Gasteiger partial charge in [-0.05, 0) is 30.3 Å². The van der Waals surface area contributed by atoms with E-state index in [0.717, 1.165) is 44.8 Å². The van der Waals surface area contributed by atoms with E-state index in [1.54, 1.807) is 24.8 Å². The van der Waals surface area contributed by atoms with E-state index in [2.05, 4.69) is 35.1 Å². The Balaban J connectivity index is 1.52. The number of aromatic amines is 2. The fraction of sp³-hybridized carbons (Fsp3) is 0. The molecule has 0 aliphatic carbocycles. The Hall–Kier alpha value is -4.66. The third-order valence-corrected chi connectivity index (χ3v) is 5.26. The molecule has 9 heteroatoms. The van der Waals surface area contributed by atoms with Crippen molar-refractivity contribution in [3.63, 3.8) is 0 Å². The molecule has 32 heavy (non-hydrogen) atoms. The van der Waals surface area contributed by atoms with Crippen LogP contribution in [0.4, 0.5) is 4.39 Å². The second kappa shape index (κ2) is 6.95. The molecule has 0 saturated heterocycles. The number of hydrogen-bond donors (Lipinski definition) is 3. The average molecular weight is 423 g/mol. The third kappa shape index (κ3) is 2.95. The molecule has 0 aliphatic rings. The average Bonchev–Trinajstić information content (AvgIpc) is 3.42. The predicted octanol–water partition coefficient (Wildman–Crippen LogP) is 4.47. The van der Waals surface area contributed by atoms with Crippen LogP contribution in [0.25, 0.3) is 55.7 Å². The van der Waals surface area contributed by atoms with Crippen LogP contribution in [0.15, 0.2) is 67.5 Å². The minimum atomic E-state index is -0.530. The van der Waals surface area contributed by atoms with Crippen LogP contribution < -0.4 is 0 Å². The van der Waals surface area contributed by atoms with Gasteiger partial charge in [0, 0.05) is 52.1 Å². The summed E-state index contributed by atoms with van der Waals surface area (Å²) in [5.41, 5.74) is 5.66. The third-order valence-electron chi connectivity index (χ3n) is 5.26. The second-order valence-corrected chi connectivity index (χ2v) is 7.32. The van der Waals surface area contributed by atoms with Crippen LogP contribution in [-0.4, -0.2) is 40.2 Å². The minimum Gasteiger partial charge on any atom is -0.508 e. The van der Waals surface area contributed by atoms with Gasteiger partial charge in [-0.3, -0.25) is 15.1 Å². The van der Waals surface area contributed by atoms with E-state index in [0.29, 0.717) is 17.0 Å². The van der Waals surface area contributed by atoms with Crippen molar-refractivity contribution in [2.45, 2.75) is 0 Å². The Bertz CT molecular complexity index is 1590. The van der Waals surface area contributed by atoms with Crippen molar-refractivity contribution < 1.29 is 9.50 Å². The lowest BCUT2D eigenvalue weighted by atomic mass is 10.1. The minimum absolute atomic E-state index is 0.155. The lowest BCUT2D eigenvalue weighted by Crippen LogP contribution is -1.86. The lowest BCUT2D eigenvalue weighted by molar-refractivity contribution is 0.469. The summed E-state index contributed by atoms with van der Waals surface area (Å²) in [7, 11) is 0. The first-order valence-electron chi connectivity index (χ1n) is 9.73. The van der Waals surface area contributed by atoms with E-state index in [1.165, 1.54) is 18.5 Å². The summed E-state index contributed by atoms with van der Waals surface area (Å²) in [6.45, 7) is 0. The van der Waals surface area contributed by atoms with Gasteiger partial charge in [-0.2, -0.15) is 5.10 Å². The van der Waals surface area contributed by atoms with Gasteiger partial charge in [0.2, 0.25) is 0 Å². The van der Waals surface area contributed by atoms with Crippen molar-refractivity contribution in [1.82, 2.24) is 35.1 Å². The zero-order chi connectivity index (χ0) is 21.7. The summed E-state index contributed by atoms with van der Waals surface area (Å²) in [5.74, 6) is -0.685. The number of nitrogens with one attached hydrogen (secondary N) is 2. The Morgan fingerprint density at radius 3 is 2.50 bits per heavy atom. The number of halogens is 1. The van der Waals surface area contributed by atoms with Gasteiger partial charge in [-0.1, -0.05) is 0 Å². The maximum Gasteiger partial charge on any atom is 0.127 e. The number of pyridine rings is 2. The molecule has 8 nitrogen and oxygen atoms in total. The quantitative estimate of drug-likeness (QED) is 0.387. The molecular weight excluding hydrogens is 409 g/mol. The van der Waals surface area contributed by atoms with Crippen LogP contribution in [0.2, 0.25) is 0 Å². The highest BCUT2D eigenvalue weighted by molar-refractivity contribution is 6.00. The van der Waals surface area contributed by atoms with Crippen LogP contribution >= 0.6 is 0 Å². The second-order valence-electron chi connectivity index (χ2n) is 7.32. The maximum absolute atomic E-state index is 13.9. The van der Waals surface area contributed by atoms with Crippen LogP contribution in [-0.2, 0) is 0 Å².